The summed E-state index contributed by atoms with van der Waals surface area (Å²) in [5.74, 6) is 0. The lowest BCUT2D eigenvalue weighted by molar-refractivity contribution is 0.527. The molecule has 4 rings (SSSR count). The number of anilines is 1. The molecule has 0 amide bonds. The number of nitrogens with one attached hydrogen (secondary N) is 3. The van der Waals surface area contributed by atoms with Crippen molar-refractivity contribution >= 4 is 45.5 Å². The molecule has 0 saturated carbocycles. The predicted molar refractivity (Wildman–Crippen MR) is 110 cm³/mol. The average molecular weight is 370 g/mol. The highest BCUT2D eigenvalue weighted by atomic mass is 35.5. The first-order valence-corrected chi connectivity index (χ1v) is 9.31. The largest absolute Gasteiger partial charge is 0.359 e. The van der Waals surface area contributed by atoms with Crippen LogP contribution in [0.2, 0.25) is 5.02 Å². The molecule has 0 radical (unpaired) electrons. The molecule has 0 saturated heterocycles. The van der Waals surface area contributed by atoms with Crippen molar-refractivity contribution in [1.29, 1.82) is 0 Å². The number of hydrogen-bond acceptors (Lipinski definition) is 1. The molecular formula is C20H20ClN3S. The van der Waals surface area contributed by atoms with E-state index in [1.165, 1.54) is 22.2 Å². The number of para-hydroxylation sites is 1. The number of halogens is 1. The molecule has 3 aromatic rings. The van der Waals surface area contributed by atoms with Crippen molar-refractivity contribution in [1.82, 2.24) is 10.3 Å². The predicted octanol–water partition coefficient (Wildman–Crippen LogP) is 4.97. The molecule has 1 unspecified atom stereocenters. The molecule has 1 aliphatic rings. The summed E-state index contributed by atoms with van der Waals surface area (Å²) in [6, 6.07) is 14.6. The first kappa shape index (κ1) is 16.4. The second kappa shape index (κ2) is 6.70. The van der Waals surface area contributed by atoms with Crippen LogP contribution in [0, 0.1) is 6.92 Å². The Hall–Kier alpha value is -2.04. The zero-order valence-electron chi connectivity index (χ0n) is 14.0. The Labute approximate surface area is 157 Å². The van der Waals surface area contributed by atoms with Crippen LogP contribution in [0.3, 0.4) is 0 Å². The summed E-state index contributed by atoms with van der Waals surface area (Å²) in [5.41, 5.74) is 6.09. The highest BCUT2D eigenvalue weighted by Crippen LogP contribution is 2.29. The van der Waals surface area contributed by atoms with Gasteiger partial charge in [-0.2, -0.15) is 0 Å². The maximum Gasteiger partial charge on any atom is 0.171 e. The SMILES string of the molecule is Cc1cc(Cl)ccc1NC(=S)NC1CCc2c([nH]c3ccccc23)C1. The molecule has 1 aromatic heterocycles. The van der Waals surface area contributed by atoms with E-state index in [1.807, 2.05) is 25.1 Å². The standard InChI is InChI=1S/C20H20ClN3S/c1-12-10-13(21)6-9-17(12)24-20(25)22-14-7-8-16-15-4-2-3-5-18(15)23-19(16)11-14/h2-6,9-10,14,23H,7-8,11H2,1H3,(H2,22,24,25). The van der Waals surface area contributed by atoms with Crippen LogP contribution in [0.25, 0.3) is 10.9 Å². The molecule has 5 heteroatoms. The maximum atomic E-state index is 6.01. The number of hydrogen-bond donors (Lipinski definition) is 3. The Balaban J connectivity index is 1.44. The van der Waals surface area contributed by atoms with E-state index in [-0.39, 0.29) is 0 Å². The van der Waals surface area contributed by atoms with Crippen LogP contribution in [0.1, 0.15) is 23.2 Å². The van der Waals surface area contributed by atoms with Gasteiger partial charge in [-0.3, -0.25) is 0 Å². The lowest BCUT2D eigenvalue weighted by Crippen LogP contribution is -2.41. The van der Waals surface area contributed by atoms with Crippen molar-refractivity contribution in [3.8, 4) is 0 Å². The van der Waals surface area contributed by atoms with E-state index >= 15 is 0 Å². The van der Waals surface area contributed by atoms with Crippen LogP contribution < -0.4 is 10.6 Å². The summed E-state index contributed by atoms with van der Waals surface area (Å²) >= 11 is 11.5. The summed E-state index contributed by atoms with van der Waals surface area (Å²) in [6.45, 7) is 2.02. The van der Waals surface area contributed by atoms with Gasteiger partial charge >= 0.3 is 0 Å². The van der Waals surface area contributed by atoms with Crippen LogP contribution in [-0.2, 0) is 12.8 Å². The van der Waals surface area contributed by atoms with Crippen molar-refractivity contribution < 1.29 is 0 Å². The highest BCUT2D eigenvalue weighted by Gasteiger charge is 2.22. The van der Waals surface area contributed by atoms with E-state index in [0.29, 0.717) is 11.2 Å². The minimum absolute atomic E-state index is 0.341. The van der Waals surface area contributed by atoms with Crippen LogP contribution in [0.4, 0.5) is 5.69 Å². The molecular weight excluding hydrogens is 350 g/mol. The smallest absolute Gasteiger partial charge is 0.171 e. The fourth-order valence-electron chi connectivity index (χ4n) is 3.62. The van der Waals surface area contributed by atoms with Gasteiger partial charge in [0.2, 0.25) is 0 Å². The number of aromatic nitrogens is 1. The molecule has 1 aliphatic carbocycles. The number of aromatic amines is 1. The quantitative estimate of drug-likeness (QED) is 0.558. The number of fused-ring (bicyclic) bond motifs is 3. The Morgan fingerprint density at radius 2 is 2.08 bits per heavy atom. The maximum absolute atomic E-state index is 6.01. The van der Waals surface area contributed by atoms with Crippen LogP contribution in [0.15, 0.2) is 42.5 Å². The Morgan fingerprint density at radius 1 is 1.24 bits per heavy atom. The van der Waals surface area contributed by atoms with Gasteiger partial charge in [-0.25, -0.2) is 0 Å². The fraction of sp³-hybridized carbons (Fsp3) is 0.250. The van der Waals surface area contributed by atoms with Gasteiger partial charge in [-0.05, 0) is 67.4 Å². The summed E-state index contributed by atoms with van der Waals surface area (Å²) < 4.78 is 0. The molecule has 0 spiro atoms. The number of rotatable bonds is 2. The van der Waals surface area contributed by atoms with Crippen LogP contribution in [-0.4, -0.2) is 16.1 Å². The molecule has 1 atom stereocenters. The minimum atomic E-state index is 0.341. The molecule has 2 aromatic carbocycles. The van der Waals surface area contributed by atoms with E-state index < -0.39 is 0 Å². The average Bonchev–Trinajstić information content (AvgIpc) is 2.95. The van der Waals surface area contributed by atoms with Gasteiger partial charge in [0.05, 0.1) is 0 Å². The monoisotopic (exact) mass is 369 g/mol. The topological polar surface area (TPSA) is 39.8 Å². The normalized spacial score (nSPS) is 16.5. The zero-order valence-corrected chi connectivity index (χ0v) is 15.6. The second-order valence-electron chi connectivity index (χ2n) is 6.63. The van der Waals surface area contributed by atoms with Gasteiger partial charge in [0, 0.05) is 39.8 Å². The van der Waals surface area contributed by atoms with E-state index in [9.17, 15) is 0 Å². The van der Waals surface area contributed by atoms with Gasteiger partial charge < -0.3 is 15.6 Å². The fourth-order valence-corrected chi connectivity index (χ4v) is 4.12. The van der Waals surface area contributed by atoms with Crippen molar-refractivity contribution in [2.75, 3.05) is 5.32 Å². The Morgan fingerprint density at radius 3 is 2.92 bits per heavy atom. The second-order valence-corrected chi connectivity index (χ2v) is 7.47. The summed E-state index contributed by atoms with van der Waals surface area (Å²) in [6.07, 6.45) is 3.11. The lowest BCUT2D eigenvalue weighted by Gasteiger charge is -2.25. The van der Waals surface area contributed by atoms with Gasteiger partial charge in [-0.15, -0.1) is 0 Å². The highest BCUT2D eigenvalue weighted by molar-refractivity contribution is 7.80. The third kappa shape index (κ3) is 3.37. The lowest BCUT2D eigenvalue weighted by atomic mass is 9.92. The Bertz CT molecular complexity index is 947. The van der Waals surface area contributed by atoms with E-state index in [1.54, 1.807) is 0 Å². The first-order valence-electron chi connectivity index (χ1n) is 8.52. The van der Waals surface area contributed by atoms with Crippen LogP contribution in [0.5, 0.6) is 0 Å². The first-order chi connectivity index (χ1) is 12.1. The molecule has 0 fully saturated rings. The van der Waals surface area contributed by atoms with Crippen LogP contribution >= 0.6 is 23.8 Å². The van der Waals surface area contributed by atoms with Crippen molar-refractivity contribution in [3.05, 3.63) is 64.3 Å². The molecule has 25 heavy (non-hydrogen) atoms. The van der Waals surface area contributed by atoms with E-state index in [0.717, 1.165) is 35.5 Å². The molecule has 0 aliphatic heterocycles. The van der Waals surface area contributed by atoms with Gasteiger partial charge in [0.1, 0.15) is 0 Å². The summed E-state index contributed by atoms with van der Waals surface area (Å²) in [7, 11) is 0. The van der Waals surface area contributed by atoms with Gasteiger partial charge in [-0.1, -0.05) is 29.8 Å². The molecule has 128 valence electrons. The van der Waals surface area contributed by atoms with Crippen molar-refractivity contribution in [3.63, 3.8) is 0 Å². The van der Waals surface area contributed by atoms with E-state index in [2.05, 4.69) is 39.9 Å². The number of H-pyrrole nitrogens is 1. The molecule has 3 nitrogen and oxygen atoms in total. The number of thiocarbonyl (C=S) groups is 1. The molecule has 1 heterocycles. The number of benzene rings is 2. The Kier molecular flexibility index (Phi) is 4.40. The summed E-state index contributed by atoms with van der Waals surface area (Å²) in [5, 5.41) is 9.50. The summed E-state index contributed by atoms with van der Waals surface area (Å²) in [4.78, 5) is 3.57. The van der Waals surface area contributed by atoms with E-state index in [4.69, 9.17) is 23.8 Å². The van der Waals surface area contributed by atoms with Gasteiger partial charge in [0.15, 0.2) is 5.11 Å². The number of aryl methyl sites for hydroxylation is 2. The third-order valence-corrected chi connectivity index (χ3v) is 5.32. The van der Waals surface area contributed by atoms with Crippen molar-refractivity contribution in [2.24, 2.45) is 0 Å². The third-order valence-electron chi connectivity index (χ3n) is 4.87. The van der Waals surface area contributed by atoms with Crippen molar-refractivity contribution in [2.45, 2.75) is 32.2 Å². The molecule has 0 bridgehead atoms. The van der Waals surface area contributed by atoms with Gasteiger partial charge in [0.25, 0.3) is 0 Å². The molecule has 3 N–H and O–H groups in total. The minimum Gasteiger partial charge on any atom is -0.359 e. The zero-order chi connectivity index (χ0) is 17.4.